The molecule has 8 nitrogen and oxygen atoms in total. The van der Waals surface area contributed by atoms with E-state index in [9.17, 15) is 14.7 Å². The van der Waals surface area contributed by atoms with Crippen LogP contribution in [0.3, 0.4) is 0 Å². The molecule has 0 radical (unpaired) electrons. The highest BCUT2D eigenvalue weighted by molar-refractivity contribution is 6.46. The van der Waals surface area contributed by atoms with Crippen molar-refractivity contribution >= 4 is 17.4 Å². The SMILES string of the molecule is CCOc1ccc(/C(O)=C2/C(=O)C(=O)N(CCCN(C)C)C2c2cccnc2)c(OCC)c1. The number of aromatic nitrogens is 1. The van der Waals surface area contributed by atoms with Crippen LogP contribution in [0.5, 0.6) is 11.5 Å². The lowest BCUT2D eigenvalue weighted by atomic mass is 9.96. The number of nitrogens with zero attached hydrogens (tertiary/aromatic N) is 3. The minimum atomic E-state index is -0.734. The molecule has 0 saturated carbocycles. The number of carbonyl (C=O) groups excluding carboxylic acids is 2. The van der Waals surface area contributed by atoms with Crippen molar-refractivity contribution in [3.8, 4) is 11.5 Å². The van der Waals surface area contributed by atoms with E-state index >= 15 is 0 Å². The third-order valence-electron chi connectivity index (χ3n) is 5.36. The van der Waals surface area contributed by atoms with E-state index < -0.39 is 17.7 Å². The van der Waals surface area contributed by atoms with Crippen molar-refractivity contribution in [2.75, 3.05) is 40.4 Å². The monoisotopic (exact) mass is 453 g/mol. The molecule has 1 aliphatic rings. The Morgan fingerprint density at radius 2 is 1.91 bits per heavy atom. The molecule has 1 unspecified atom stereocenters. The zero-order valence-electron chi connectivity index (χ0n) is 19.6. The minimum absolute atomic E-state index is 0.0305. The molecule has 2 aromatic rings. The minimum Gasteiger partial charge on any atom is -0.507 e. The highest BCUT2D eigenvalue weighted by atomic mass is 16.5. The molecule has 0 aliphatic carbocycles. The van der Waals surface area contributed by atoms with Gasteiger partial charge >= 0.3 is 0 Å². The summed E-state index contributed by atoms with van der Waals surface area (Å²) in [6.45, 7) is 5.68. The fourth-order valence-electron chi connectivity index (χ4n) is 3.93. The third-order valence-corrected chi connectivity index (χ3v) is 5.36. The van der Waals surface area contributed by atoms with E-state index in [4.69, 9.17) is 9.47 Å². The van der Waals surface area contributed by atoms with E-state index in [-0.39, 0.29) is 11.3 Å². The van der Waals surface area contributed by atoms with Crippen molar-refractivity contribution in [2.45, 2.75) is 26.3 Å². The van der Waals surface area contributed by atoms with Crippen LogP contribution in [0.2, 0.25) is 0 Å². The molecule has 1 aliphatic heterocycles. The maximum Gasteiger partial charge on any atom is 0.295 e. The maximum absolute atomic E-state index is 13.1. The van der Waals surface area contributed by atoms with Crippen LogP contribution in [0, 0.1) is 0 Å². The van der Waals surface area contributed by atoms with Crippen molar-refractivity contribution in [3.05, 3.63) is 59.4 Å². The number of rotatable bonds is 10. The highest BCUT2D eigenvalue weighted by Gasteiger charge is 2.46. The summed E-state index contributed by atoms with van der Waals surface area (Å²) < 4.78 is 11.3. The molecule has 1 atom stereocenters. The van der Waals surface area contributed by atoms with Gasteiger partial charge < -0.3 is 24.4 Å². The molecule has 8 heteroatoms. The summed E-state index contributed by atoms with van der Waals surface area (Å²) >= 11 is 0. The zero-order valence-corrected chi connectivity index (χ0v) is 19.6. The molecular formula is C25H31N3O5. The van der Waals surface area contributed by atoms with Crippen LogP contribution in [0.4, 0.5) is 0 Å². The largest absolute Gasteiger partial charge is 0.507 e. The van der Waals surface area contributed by atoms with Gasteiger partial charge in [-0.1, -0.05) is 6.07 Å². The number of ketones is 1. The molecule has 1 aromatic carbocycles. The normalized spacial score (nSPS) is 17.6. The zero-order chi connectivity index (χ0) is 24.0. The number of ether oxygens (including phenoxy) is 2. The van der Waals surface area contributed by atoms with Crippen molar-refractivity contribution in [3.63, 3.8) is 0 Å². The van der Waals surface area contributed by atoms with Gasteiger partial charge in [-0.2, -0.15) is 0 Å². The van der Waals surface area contributed by atoms with Gasteiger partial charge in [-0.25, -0.2) is 0 Å². The van der Waals surface area contributed by atoms with E-state index in [1.165, 1.54) is 4.90 Å². The Hall–Kier alpha value is -3.39. The smallest absolute Gasteiger partial charge is 0.295 e. The summed E-state index contributed by atoms with van der Waals surface area (Å²) in [4.78, 5) is 33.9. The second-order valence-corrected chi connectivity index (χ2v) is 7.96. The highest BCUT2D eigenvalue weighted by Crippen LogP contribution is 2.41. The number of pyridine rings is 1. The molecule has 0 bridgehead atoms. The van der Waals surface area contributed by atoms with E-state index in [0.717, 1.165) is 6.54 Å². The Labute approximate surface area is 194 Å². The summed E-state index contributed by atoms with van der Waals surface area (Å²) in [5, 5.41) is 11.3. The van der Waals surface area contributed by atoms with Crippen LogP contribution < -0.4 is 9.47 Å². The van der Waals surface area contributed by atoms with Crippen molar-refractivity contribution < 1.29 is 24.2 Å². The van der Waals surface area contributed by atoms with Gasteiger partial charge in [-0.05, 0) is 64.7 Å². The molecule has 176 valence electrons. The number of hydrogen-bond donors (Lipinski definition) is 1. The summed E-state index contributed by atoms with van der Waals surface area (Å²) in [5.74, 6) is -0.658. The van der Waals surface area contributed by atoms with Gasteiger partial charge in [-0.15, -0.1) is 0 Å². The van der Waals surface area contributed by atoms with Crippen LogP contribution in [0.25, 0.3) is 5.76 Å². The lowest BCUT2D eigenvalue weighted by Gasteiger charge is -2.25. The number of hydrogen-bond acceptors (Lipinski definition) is 7. The van der Waals surface area contributed by atoms with Gasteiger partial charge in [0.2, 0.25) is 0 Å². The van der Waals surface area contributed by atoms with Crippen LogP contribution in [0.1, 0.15) is 37.4 Å². The second-order valence-electron chi connectivity index (χ2n) is 7.96. The Morgan fingerprint density at radius 1 is 1.15 bits per heavy atom. The molecule has 2 heterocycles. The van der Waals surface area contributed by atoms with Crippen molar-refractivity contribution in [1.29, 1.82) is 0 Å². The number of Topliss-reactive ketones (excluding diaryl/α,β-unsaturated/α-hetero) is 1. The summed E-state index contributed by atoms with van der Waals surface area (Å²) in [7, 11) is 3.90. The lowest BCUT2D eigenvalue weighted by molar-refractivity contribution is -0.139. The van der Waals surface area contributed by atoms with E-state index in [1.54, 1.807) is 42.7 Å². The Balaban J connectivity index is 2.11. The predicted molar refractivity (Wildman–Crippen MR) is 125 cm³/mol. The molecular weight excluding hydrogens is 422 g/mol. The molecule has 1 saturated heterocycles. The molecule has 1 N–H and O–H groups in total. The van der Waals surface area contributed by atoms with Crippen molar-refractivity contribution in [1.82, 2.24) is 14.8 Å². The third kappa shape index (κ3) is 5.34. The Morgan fingerprint density at radius 3 is 2.55 bits per heavy atom. The molecule has 33 heavy (non-hydrogen) atoms. The molecule has 1 amide bonds. The first-order chi connectivity index (χ1) is 15.9. The number of likely N-dealkylation sites (tertiary alicyclic amines) is 1. The first-order valence-electron chi connectivity index (χ1n) is 11.1. The molecule has 0 spiro atoms. The summed E-state index contributed by atoms with van der Waals surface area (Å²) in [6, 6.07) is 7.84. The predicted octanol–water partition coefficient (Wildman–Crippen LogP) is 3.25. The molecule has 3 rings (SSSR count). The van der Waals surface area contributed by atoms with Crippen LogP contribution >= 0.6 is 0 Å². The number of aliphatic hydroxyl groups is 1. The quantitative estimate of drug-likeness (QED) is 0.335. The Bertz CT molecular complexity index is 1020. The van der Waals surface area contributed by atoms with Gasteiger partial charge in [0.15, 0.2) is 0 Å². The number of aliphatic hydroxyl groups excluding tert-OH is 1. The number of carbonyl (C=O) groups is 2. The van der Waals surface area contributed by atoms with E-state index in [2.05, 4.69) is 4.98 Å². The maximum atomic E-state index is 13.1. The lowest BCUT2D eigenvalue weighted by Crippen LogP contribution is -2.32. The average Bonchev–Trinajstić information content (AvgIpc) is 3.05. The van der Waals surface area contributed by atoms with Gasteiger partial charge in [-0.3, -0.25) is 14.6 Å². The van der Waals surface area contributed by atoms with Gasteiger partial charge in [0.1, 0.15) is 17.3 Å². The topological polar surface area (TPSA) is 92.2 Å². The summed E-state index contributed by atoms with van der Waals surface area (Å²) in [6.07, 6.45) is 3.93. The Kier molecular flexibility index (Phi) is 8.06. The molecule has 1 aromatic heterocycles. The van der Waals surface area contributed by atoms with E-state index in [1.807, 2.05) is 32.8 Å². The molecule has 1 fully saturated rings. The van der Waals surface area contributed by atoms with Gasteiger partial charge in [0.05, 0.1) is 30.4 Å². The fraction of sp³-hybridized carbons (Fsp3) is 0.400. The van der Waals surface area contributed by atoms with Crippen LogP contribution in [0.15, 0.2) is 48.3 Å². The van der Waals surface area contributed by atoms with Crippen LogP contribution in [-0.4, -0.2) is 72.0 Å². The van der Waals surface area contributed by atoms with Crippen LogP contribution in [-0.2, 0) is 9.59 Å². The average molecular weight is 454 g/mol. The first-order valence-corrected chi connectivity index (χ1v) is 11.1. The number of amides is 1. The van der Waals surface area contributed by atoms with Gasteiger partial charge in [0, 0.05) is 25.0 Å². The summed E-state index contributed by atoms with van der Waals surface area (Å²) in [5.41, 5.74) is 1.02. The van der Waals surface area contributed by atoms with Crippen molar-refractivity contribution in [2.24, 2.45) is 0 Å². The van der Waals surface area contributed by atoms with E-state index in [0.29, 0.717) is 48.8 Å². The fourth-order valence-corrected chi connectivity index (χ4v) is 3.93. The standard InChI is InChI=1S/C25H31N3O5/c1-5-32-18-10-11-19(20(15-18)33-6-2)23(29)21-22(17-9-7-12-26-16-17)28(25(31)24(21)30)14-8-13-27(3)4/h7,9-12,15-16,22,29H,5-6,8,13-14H2,1-4H3/b23-21-. The van der Waals surface area contributed by atoms with Gasteiger partial charge in [0.25, 0.3) is 11.7 Å². The first kappa shape index (κ1) is 24.3. The number of benzene rings is 1. The second kappa shape index (κ2) is 11.0.